The second kappa shape index (κ2) is 9.32. The average Bonchev–Trinajstić information content (AvgIpc) is 3.43. The maximum absolute atomic E-state index is 14.1. The topological polar surface area (TPSA) is 106 Å². The number of benzene rings is 2. The third kappa shape index (κ3) is 4.01. The normalized spacial score (nSPS) is 21.1. The van der Waals surface area contributed by atoms with Crippen molar-refractivity contribution in [2.24, 2.45) is 5.92 Å². The fourth-order valence-corrected chi connectivity index (χ4v) is 5.68. The van der Waals surface area contributed by atoms with E-state index >= 15 is 0 Å². The van der Waals surface area contributed by atoms with Gasteiger partial charge in [0.15, 0.2) is 0 Å². The summed E-state index contributed by atoms with van der Waals surface area (Å²) in [6, 6.07) is 15.4. The highest BCUT2D eigenvalue weighted by Gasteiger charge is 2.56. The number of likely N-dealkylation sites (tertiary alicyclic amines) is 1. The lowest BCUT2D eigenvalue weighted by Crippen LogP contribution is -2.52. The van der Waals surface area contributed by atoms with Gasteiger partial charge in [-0.15, -0.1) is 0 Å². The smallest absolute Gasteiger partial charge is 0.254 e. The Morgan fingerprint density at radius 3 is 2.76 bits per heavy atom. The van der Waals surface area contributed by atoms with Crippen molar-refractivity contribution in [3.63, 3.8) is 0 Å². The molecular formula is C29H29N5O3. The molecule has 188 valence electrons. The summed E-state index contributed by atoms with van der Waals surface area (Å²) in [4.78, 5) is 48.1. The van der Waals surface area contributed by atoms with Crippen LogP contribution in [0.4, 0.5) is 5.69 Å². The largest absolute Gasteiger partial charge is 0.330 e. The molecule has 8 heteroatoms. The highest BCUT2D eigenvalue weighted by molar-refractivity contribution is 6.09. The number of nitrogens with zero attached hydrogens (tertiary/aromatic N) is 4. The second-order valence-corrected chi connectivity index (χ2v) is 10.4. The number of hydrogen-bond donors (Lipinski definition) is 1. The maximum Gasteiger partial charge on any atom is 0.254 e. The molecule has 1 saturated heterocycles. The lowest BCUT2D eigenvalue weighted by atomic mass is 9.80. The van der Waals surface area contributed by atoms with Crippen molar-refractivity contribution in [2.45, 2.75) is 44.2 Å². The summed E-state index contributed by atoms with van der Waals surface area (Å²) in [5, 5.41) is 14.5. The van der Waals surface area contributed by atoms with E-state index in [1.54, 1.807) is 25.5 Å². The maximum atomic E-state index is 14.1. The molecule has 0 radical (unpaired) electrons. The van der Waals surface area contributed by atoms with Crippen LogP contribution in [0.2, 0.25) is 0 Å². The molecule has 1 N–H and O–H groups in total. The fraction of sp³-hybridized carbons (Fsp3) is 0.345. The predicted molar refractivity (Wildman–Crippen MR) is 140 cm³/mol. The molecule has 0 aliphatic carbocycles. The van der Waals surface area contributed by atoms with Crippen molar-refractivity contribution in [1.29, 1.82) is 5.26 Å². The highest BCUT2D eigenvalue weighted by atomic mass is 16.2. The van der Waals surface area contributed by atoms with E-state index in [2.05, 4.69) is 16.4 Å². The first-order valence-electron chi connectivity index (χ1n) is 12.5. The average molecular weight is 496 g/mol. The van der Waals surface area contributed by atoms with E-state index < -0.39 is 17.5 Å². The number of nitrogens with one attached hydrogen (secondary N) is 1. The van der Waals surface area contributed by atoms with Gasteiger partial charge in [0.2, 0.25) is 11.8 Å². The molecule has 0 bridgehead atoms. The van der Waals surface area contributed by atoms with Gasteiger partial charge in [0.25, 0.3) is 5.91 Å². The van der Waals surface area contributed by atoms with E-state index in [0.29, 0.717) is 23.1 Å². The number of para-hydroxylation sites is 1. The molecule has 2 aliphatic rings. The third-order valence-corrected chi connectivity index (χ3v) is 7.60. The number of carbonyl (C=O) groups is 3. The Morgan fingerprint density at radius 1 is 1.22 bits per heavy atom. The molecule has 0 saturated carbocycles. The number of rotatable bonds is 5. The first-order valence-corrected chi connectivity index (χ1v) is 12.5. The van der Waals surface area contributed by atoms with Crippen LogP contribution in [0.15, 0.2) is 60.9 Å². The van der Waals surface area contributed by atoms with Crippen LogP contribution in [-0.2, 0) is 15.0 Å². The van der Waals surface area contributed by atoms with Gasteiger partial charge in [-0.1, -0.05) is 44.2 Å². The zero-order chi connectivity index (χ0) is 26.3. The molecule has 1 aromatic heterocycles. The summed E-state index contributed by atoms with van der Waals surface area (Å²) < 4.78 is 0. The predicted octanol–water partition coefficient (Wildman–Crippen LogP) is 3.74. The van der Waals surface area contributed by atoms with Gasteiger partial charge in [-0.3, -0.25) is 19.4 Å². The van der Waals surface area contributed by atoms with Crippen molar-refractivity contribution < 1.29 is 14.4 Å². The summed E-state index contributed by atoms with van der Waals surface area (Å²) in [6.07, 6.45) is 3.98. The van der Waals surface area contributed by atoms with E-state index in [4.69, 9.17) is 0 Å². The van der Waals surface area contributed by atoms with Gasteiger partial charge in [-0.25, -0.2) is 0 Å². The van der Waals surface area contributed by atoms with Crippen molar-refractivity contribution in [3.05, 3.63) is 72.1 Å². The summed E-state index contributed by atoms with van der Waals surface area (Å²) in [5.41, 5.74) is 1.02. The minimum absolute atomic E-state index is 0.0989. The Kier molecular flexibility index (Phi) is 6.16. The monoisotopic (exact) mass is 495 g/mol. The molecule has 8 nitrogen and oxygen atoms in total. The number of amides is 3. The molecule has 1 spiro atoms. The van der Waals surface area contributed by atoms with E-state index in [9.17, 15) is 19.6 Å². The molecular weight excluding hydrogens is 466 g/mol. The first kappa shape index (κ1) is 24.4. The molecule has 3 atom stereocenters. The molecule has 2 aliphatic heterocycles. The van der Waals surface area contributed by atoms with E-state index in [1.807, 2.05) is 56.3 Å². The lowest BCUT2D eigenvalue weighted by molar-refractivity contribution is -0.136. The molecule has 3 heterocycles. The summed E-state index contributed by atoms with van der Waals surface area (Å²) >= 11 is 0. The zero-order valence-electron chi connectivity index (χ0n) is 21.1. The Balaban J connectivity index is 1.48. The number of likely N-dealkylation sites (N-methyl/N-ethyl adjacent to an activating group) is 1. The Hall–Kier alpha value is -4.25. The standard InChI is InChI=1S/C29H29N5O3/c1-18(2)13-25(33(3)26(35)21-8-6-7-19-11-12-31-16-22(19)21)27(36)34-17-29(14-20(34)15-30)23-9-4-5-10-24(23)32-28(29)37/h4-12,16,18,20,25H,13-14,17H2,1-3H3,(H,32,37)/t20-,25-,29-/m0/s1. The van der Waals surface area contributed by atoms with Crippen LogP contribution in [0.25, 0.3) is 10.8 Å². The van der Waals surface area contributed by atoms with Gasteiger partial charge in [0, 0.05) is 49.0 Å². The van der Waals surface area contributed by atoms with Crippen molar-refractivity contribution >= 4 is 34.2 Å². The molecule has 3 aromatic rings. The van der Waals surface area contributed by atoms with Gasteiger partial charge in [0.05, 0.1) is 11.5 Å². The summed E-state index contributed by atoms with van der Waals surface area (Å²) in [7, 11) is 1.63. The minimum Gasteiger partial charge on any atom is -0.330 e. The first-order chi connectivity index (χ1) is 17.8. The van der Waals surface area contributed by atoms with Crippen molar-refractivity contribution in [1.82, 2.24) is 14.8 Å². The molecule has 3 amide bonds. The fourth-order valence-electron chi connectivity index (χ4n) is 5.68. The van der Waals surface area contributed by atoms with Gasteiger partial charge < -0.3 is 15.1 Å². The van der Waals surface area contributed by atoms with Crippen molar-refractivity contribution in [2.75, 3.05) is 18.9 Å². The van der Waals surface area contributed by atoms with Crippen LogP contribution >= 0.6 is 0 Å². The third-order valence-electron chi connectivity index (χ3n) is 7.60. The minimum atomic E-state index is -0.973. The second-order valence-electron chi connectivity index (χ2n) is 10.4. The van der Waals surface area contributed by atoms with Crippen LogP contribution < -0.4 is 5.32 Å². The van der Waals surface area contributed by atoms with Crippen LogP contribution in [0.5, 0.6) is 0 Å². The number of anilines is 1. The van der Waals surface area contributed by atoms with Crippen LogP contribution in [0.3, 0.4) is 0 Å². The Bertz CT molecular complexity index is 1440. The summed E-state index contributed by atoms with van der Waals surface area (Å²) in [6.45, 7) is 4.09. The van der Waals surface area contributed by atoms with E-state index in [0.717, 1.165) is 10.9 Å². The van der Waals surface area contributed by atoms with E-state index in [-0.39, 0.29) is 36.6 Å². The summed E-state index contributed by atoms with van der Waals surface area (Å²) in [5.74, 6) is -0.684. The SMILES string of the molecule is CC(C)C[C@@H](C(=O)N1C[C@]2(C[C@H]1C#N)C(=O)Nc1ccccc12)N(C)C(=O)c1cccc2ccncc12. The Labute approximate surface area is 215 Å². The van der Waals surface area contributed by atoms with Crippen LogP contribution in [-0.4, -0.2) is 58.2 Å². The number of carbonyl (C=O) groups excluding carboxylic acids is 3. The molecule has 37 heavy (non-hydrogen) atoms. The highest BCUT2D eigenvalue weighted by Crippen LogP contribution is 2.46. The number of aromatic nitrogens is 1. The van der Waals surface area contributed by atoms with E-state index in [1.165, 1.54) is 9.80 Å². The van der Waals surface area contributed by atoms with Crippen LogP contribution in [0.1, 0.15) is 42.6 Å². The van der Waals surface area contributed by atoms with Gasteiger partial charge in [0.1, 0.15) is 12.1 Å². The number of pyridine rings is 1. The lowest BCUT2D eigenvalue weighted by Gasteiger charge is -2.33. The zero-order valence-corrected chi connectivity index (χ0v) is 21.1. The quantitative estimate of drug-likeness (QED) is 0.580. The van der Waals surface area contributed by atoms with Crippen LogP contribution in [0, 0.1) is 17.2 Å². The molecule has 1 fully saturated rings. The van der Waals surface area contributed by atoms with Gasteiger partial charge in [-0.05, 0) is 41.5 Å². The van der Waals surface area contributed by atoms with Gasteiger partial charge in [-0.2, -0.15) is 5.26 Å². The van der Waals surface area contributed by atoms with Gasteiger partial charge >= 0.3 is 0 Å². The Morgan fingerprint density at radius 2 is 2.00 bits per heavy atom. The molecule has 5 rings (SSSR count). The number of hydrogen-bond acceptors (Lipinski definition) is 5. The molecule has 0 unspecified atom stereocenters. The number of nitriles is 1. The number of fused-ring (bicyclic) bond motifs is 3. The molecule has 2 aromatic carbocycles. The van der Waals surface area contributed by atoms with Crippen molar-refractivity contribution in [3.8, 4) is 6.07 Å².